The third-order valence-corrected chi connectivity index (χ3v) is 5.60. The monoisotopic (exact) mass is 280 g/mol. The molecular weight excluding hydrogens is 260 g/mol. The molecule has 2 fully saturated rings. The minimum Gasteiger partial charge on any atom is -0.435 e. The number of aliphatic hydroxyl groups is 2. The number of esters is 1. The number of aliphatic hydroxyl groups excluding tert-OH is 2. The van der Waals surface area contributed by atoms with E-state index < -0.39 is 29.7 Å². The topological polar surface area (TPSA) is 83.8 Å². The molecule has 20 heavy (non-hydrogen) atoms. The van der Waals surface area contributed by atoms with Crippen LogP contribution in [0.4, 0.5) is 0 Å². The molecule has 0 amide bonds. The van der Waals surface area contributed by atoms with Crippen molar-refractivity contribution in [2.24, 2.45) is 22.7 Å². The fourth-order valence-corrected chi connectivity index (χ4v) is 4.60. The highest BCUT2D eigenvalue weighted by Crippen LogP contribution is 2.63. The highest BCUT2D eigenvalue weighted by molar-refractivity contribution is 5.86. The van der Waals surface area contributed by atoms with Crippen LogP contribution in [0.2, 0.25) is 0 Å². The first-order valence-electron chi connectivity index (χ1n) is 7.08. The van der Waals surface area contributed by atoms with Gasteiger partial charge in [0.25, 0.3) is 0 Å². The average molecular weight is 280 g/mol. The molecule has 3 rings (SSSR count). The van der Waals surface area contributed by atoms with Crippen molar-refractivity contribution in [1.29, 1.82) is 0 Å². The Balaban J connectivity index is 2.21. The zero-order valence-corrected chi connectivity index (χ0v) is 11.7. The number of carbonyl (C=O) groups is 2. The summed E-state index contributed by atoms with van der Waals surface area (Å²) < 4.78 is 5.02. The van der Waals surface area contributed by atoms with Gasteiger partial charge in [-0.1, -0.05) is 19.9 Å². The van der Waals surface area contributed by atoms with E-state index in [0.29, 0.717) is 24.7 Å². The van der Waals surface area contributed by atoms with Crippen LogP contribution >= 0.6 is 0 Å². The Morgan fingerprint density at radius 2 is 2.10 bits per heavy atom. The zero-order chi connectivity index (χ0) is 14.7. The Bertz CT molecular complexity index is 494. The largest absolute Gasteiger partial charge is 0.435 e. The van der Waals surface area contributed by atoms with Crippen molar-refractivity contribution in [2.45, 2.75) is 45.5 Å². The van der Waals surface area contributed by atoms with Crippen LogP contribution in [0, 0.1) is 22.7 Å². The van der Waals surface area contributed by atoms with Crippen LogP contribution in [0.3, 0.4) is 0 Å². The van der Waals surface area contributed by atoms with Crippen LogP contribution in [-0.2, 0) is 14.3 Å². The number of rotatable bonds is 1. The number of aldehydes is 1. The molecule has 3 aliphatic rings. The molecule has 1 spiro atoms. The second-order valence-corrected chi connectivity index (χ2v) is 6.86. The number of ether oxygens (including phenoxy) is 1. The van der Waals surface area contributed by atoms with E-state index in [0.717, 1.165) is 6.42 Å². The van der Waals surface area contributed by atoms with Crippen molar-refractivity contribution in [1.82, 2.24) is 0 Å². The van der Waals surface area contributed by atoms with Gasteiger partial charge in [0.1, 0.15) is 11.7 Å². The Labute approximate surface area is 117 Å². The van der Waals surface area contributed by atoms with E-state index in [9.17, 15) is 19.8 Å². The summed E-state index contributed by atoms with van der Waals surface area (Å²) in [5.74, 6) is -1.44. The lowest BCUT2D eigenvalue weighted by atomic mass is 9.47. The summed E-state index contributed by atoms with van der Waals surface area (Å²) in [7, 11) is 0. The number of allylic oxidation sites excluding steroid dienone is 1. The molecule has 1 heterocycles. The molecule has 0 radical (unpaired) electrons. The highest BCUT2D eigenvalue weighted by atomic mass is 16.6. The fraction of sp³-hybridized carbons (Fsp3) is 0.733. The van der Waals surface area contributed by atoms with Gasteiger partial charge in [0, 0.05) is 0 Å². The molecule has 1 saturated heterocycles. The molecule has 0 bridgehead atoms. The van der Waals surface area contributed by atoms with Gasteiger partial charge in [-0.3, -0.25) is 9.59 Å². The molecule has 2 N–H and O–H groups in total. The van der Waals surface area contributed by atoms with Gasteiger partial charge >= 0.3 is 5.97 Å². The zero-order valence-electron chi connectivity index (χ0n) is 11.7. The lowest BCUT2D eigenvalue weighted by Crippen LogP contribution is -2.59. The first kappa shape index (κ1) is 13.8. The minimum atomic E-state index is -1.34. The average Bonchev–Trinajstić information content (AvgIpc) is 2.67. The van der Waals surface area contributed by atoms with Gasteiger partial charge in [-0.25, -0.2) is 0 Å². The predicted molar refractivity (Wildman–Crippen MR) is 69.3 cm³/mol. The van der Waals surface area contributed by atoms with Crippen LogP contribution < -0.4 is 0 Å². The molecule has 110 valence electrons. The molecule has 1 aliphatic heterocycles. The smallest absolute Gasteiger partial charge is 0.318 e. The summed E-state index contributed by atoms with van der Waals surface area (Å²) in [6.07, 6.45) is 2.07. The standard InChI is InChI=1S/C15H20O5/c1-14(2)6-5-10(17)15-9(14)4-3-8(7-16)11(15)12(18)20-13(15)19/h3,7,9-12,17-18H,4-6H2,1-2H3/t9-,10-,11-,12-,15+/m0/s1. The van der Waals surface area contributed by atoms with E-state index in [2.05, 4.69) is 13.8 Å². The molecule has 0 aromatic heterocycles. The third-order valence-electron chi connectivity index (χ3n) is 5.60. The van der Waals surface area contributed by atoms with Crippen molar-refractivity contribution in [3.63, 3.8) is 0 Å². The lowest BCUT2D eigenvalue weighted by molar-refractivity contribution is -0.174. The Morgan fingerprint density at radius 3 is 2.75 bits per heavy atom. The molecule has 0 unspecified atom stereocenters. The van der Waals surface area contributed by atoms with Gasteiger partial charge in [-0.2, -0.15) is 0 Å². The summed E-state index contributed by atoms with van der Waals surface area (Å²) in [4.78, 5) is 23.7. The molecule has 1 saturated carbocycles. The maximum absolute atomic E-state index is 12.4. The first-order valence-corrected chi connectivity index (χ1v) is 7.08. The van der Waals surface area contributed by atoms with Crippen LogP contribution in [0.1, 0.15) is 33.1 Å². The van der Waals surface area contributed by atoms with Gasteiger partial charge in [-0.05, 0) is 36.2 Å². The molecule has 2 aliphatic carbocycles. The van der Waals surface area contributed by atoms with E-state index in [-0.39, 0.29) is 11.3 Å². The molecular formula is C15H20O5. The van der Waals surface area contributed by atoms with Crippen molar-refractivity contribution in [2.75, 3.05) is 0 Å². The molecule has 0 aromatic rings. The summed E-state index contributed by atoms with van der Waals surface area (Å²) in [5.41, 5.74) is -0.950. The normalized spacial score (nSPS) is 46.0. The lowest BCUT2D eigenvalue weighted by Gasteiger charge is -2.54. The molecule has 0 aromatic carbocycles. The molecule has 5 heteroatoms. The summed E-state index contributed by atoms with van der Waals surface area (Å²) in [5, 5.41) is 20.6. The molecule has 5 nitrogen and oxygen atoms in total. The van der Waals surface area contributed by atoms with E-state index in [1.165, 1.54) is 0 Å². The van der Waals surface area contributed by atoms with Crippen LogP contribution in [0.5, 0.6) is 0 Å². The van der Waals surface area contributed by atoms with Crippen LogP contribution in [0.25, 0.3) is 0 Å². The Morgan fingerprint density at radius 1 is 1.40 bits per heavy atom. The summed E-state index contributed by atoms with van der Waals surface area (Å²) in [6.45, 7) is 4.14. The SMILES string of the molecule is CC1(C)CC[C@H](O)[C@@]23C(=O)O[C@H](O)[C@@H]2C(C=O)=CC[C@@H]13. The van der Waals surface area contributed by atoms with E-state index in [1.807, 2.05) is 0 Å². The number of cyclic esters (lactones) is 1. The minimum absolute atomic E-state index is 0.128. The van der Waals surface area contributed by atoms with Crippen LogP contribution in [-0.4, -0.2) is 34.9 Å². The number of hydrogen-bond donors (Lipinski definition) is 2. The van der Waals surface area contributed by atoms with E-state index in [1.54, 1.807) is 6.08 Å². The number of hydrogen-bond acceptors (Lipinski definition) is 5. The van der Waals surface area contributed by atoms with Gasteiger partial charge in [0.2, 0.25) is 6.29 Å². The Kier molecular flexibility index (Phi) is 2.86. The highest BCUT2D eigenvalue weighted by Gasteiger charge is 2.70. The van der Waals surface area contributed by atoms with Crippen molar-refractivity contribution in [3.8, 4) is 0 Å². The third kappa shape index (κ3) is 1.45. The second kappa shape index (κ2) is 4.15. The van der Waals surface area contributed by atoms with Crippen molar-refractivity contribution in [3.05, 3.63) is 11.6 Å². The molecule has 5 atom stereocenters. The predicted octanol–water partition coefficient (Wildman–Crippen LogP) is 0.790. The maximum Gasteiger partial charge on any atom is 0.318 e. The van der Waals surface area contributed by atoms with E-state index in [4.69, 9.17) is 4.74 Å². The summed E-state index contributed by atoms with van der Waals surface area (Å²) in [6, 6.07) is 0. The van der Waals surface area contributed by atoms with Gasteiger partial charge in [-0.15, -0.1) is 0 Å². The summed E-state index contributed by atoms with van der Waals surface area (Å²) >= 11 is 0. The van der Waals surface area contributed by atoms with Crippen LogP contribution in [0.15, 0.2) is 11.6 Å². The van der Waals surface area contributed by atoms with Gasteiger partial charge in [0.05, 0.1) is 12.0 Å². The maximum atomic E-state index is 12.4. The fourth-order valence-electron chi connectivity index (χ4n) is 4.60. The Hall–Kier alpha value is -1.20. The van der Waals surface area contributed by atoms with E-state index >= 15 is 0 Å². The second-order valence-electron chi connectivity index (χ2n) is 6.86. The van der Waals surface area contributed by atoms with Crippen molar-refractivity contribution < 1.29 is 24.5 Å². The van der Waals surface area contributed by atoms with Gasteiger partial charge in [0.15, 0.2) is 0 Å². The first-order chi connectivity index (χ1) is 9.35. The van der Waals surface area contributed by atoms with Gasteiger partial charge < -0.3 is 14.9 Å². The quantitative estimate of drug-likeness (QED) is 0.548. The number of carbonyl (C=O) groups excluding carboxylic acids is 2. The van der Waals surface area contributed by atoms with Crippen molar-refractivity contribution >= 4 is 12.3 Å².